The minimum absolute atomic E-state index is 0.155. The third kappa shape index (κ3) is 4.22. The van der Waals surface area contributed by atoms with E-state index in [0.717, 1.165) is 48.6 Å². The number of aliphatic hydroxyl groups is 1. The van der Waals surface area contributed by atoms with Gasteiger partial charge >= 0.3 is 0 Å². The molecule has 0 bridgehead atoms. The summed E-state index contributed by atoms with van der Waals surface area (Å²) < 4.78 is 2.17. The zero-order chi connectivity index (χ0) is 21.0. The molecule has 1 saturated heterocycles. The second kappa shape index (κ2) is 8.73. The average Bonchev–Trinajstić information content (AvgIpc) is 3.46. The molecule has 1 fully saturated rings. The maximum atomic E-state index is 9.57. The zero-order valence-corrected chi connectivity index (χ0v) is 17.4. The Balaban J connectivity index is 1.22. The smallest absolute Gasteiger partial charge is 0.134 e. The van der Waals surface area contributed by atoms with Crippen LogP contribution >= 0.6 is 0 Å². The molecule has 1 aliphatic heterocycles. The third-order valence-electron chi connectivity index (χ3n) is 5.91. The maximum absolute atomic E-state index is 9.57. The minimum atomic E-state index is 0.155. The highest BCUT2D eigenvalue weighted by atomic mass is 16.3. The van der Waals surface area contributed by atoms with Gasteiger partial charge in [-0.15, -0.1) is 0 Å². The predicted molar refractivity (Wildman–Crippen MR) is 122 cm³/mol. The summed E-state index contributed by atoms with van der Waals surface area (Å²) in [6.07, 6.45) is 5.57. The summed E-state index contributed by atoms with van der Waals surface area (Å²) in [4.78, 5) is 15.4. The fourth-order valence-electron chi connectivity index (χ4n) is 4.22. The molecule has 1 atom stereocenters. The molecule has 0 radical (unpaired) electrons. The van der Waals surface area contributed by atoms with Crippen molar-refractivity contribution in [3.63, 3.8) is 0 Å². The van der Waals surface area contributed by atoms with Crippen LogP contribution in [0.5, 0.6) is 0 Å². The Labute approximate surface area is 181 Å². The van der Waals surface area contributed by atoms with Crippen LogP contribution in [0.1, 0.15) is 24.0 Å². The molecule has 0 spiro atoms. The number of anilines is 2. The first-order valence-corrected chi connectivity index (χ1v) is 10.7. The van der Waals surface area contributed by atoms with Crippen LogP contribution in [0.4, 0.5) is 11.6 Å². The van der Waals surface area contributed by atoms with Crippen LogP contribution in [0, 0.1) is 0 Å². The van der Waals surface area contributed by atoms with Crippen LogP contribution in [0.25, 0.3) is 11.0 Å². The van der Waals surface area contributed by atoms with Crippen LogP contribution in [0.15, 0.2) is 67.3 Å². The van der Waals surface area contributed by atoms with Gasteiger partial charge in [-0.25, -0.2) is 15.0 Å². The van der Waals surface area contributed by atoms with Crippen molar-refractivity contribution in [1.82, 2.24) is 19.5 Å². The van der Waals surface area contributed by atoms with E-state index in [0.29, 0.717) is 6.54 Å². The van der Waals surface area contributed by atoms with Crippen LogP contribution in [0.2, 0.25) is 0 Å². The quantitative estimate of drug-likeness (QED) is 0.482. The van der Waals surface area contributed by atoms with Gasteiger partial charge in [0.05, 0.1) is 30.0 Å². The van der Waals surface area contributed by atoms with Gasteiger partial charge in [0.15, 0.2) is 0 Å². The molecule has 5 rings (SSSR count). The molecular weight excluding hydrogens is 388 g/mol. The SMILES string of the molecule is OCC1CCCN1c1cc(NCc2ccc(Cn3cnc4ccccc43)cc2)ncn1. The van der Waals surface area contributed by atoms with Crippen molar-refractivity contribution in [2.45, 2.75) is 32.0 Å². The predicted octanol–water partition coefficient (Wildman–Crippen LogP) is 3.45. The Kier molecular flexibility index (Phi) is 5.50. The number of fused-ring (bicyclic) bond motifs is 1. The topological polar surface area (TPSA) is 79.1 Å². The van der Waals surface area contributed by atoms with E-state index >= 15 is 0 Å². The fraction of sp³-hybridized carbons (Fsp3) is 0.292. The molecule has 2 N–H and O–H groups in total. The fourth-order valence-corrected chi connectivity index (χ4v) is 4.22. The minimum Gasteiger partial charge on any atom is -0.394 e. The Morgan fingerprint density at radius 1 is 1.00 bits per heavy atom. The van der Waals surface area contributed by atoms with Crippen LogP contribution in [-0.2, 0) is 13.1 Å². The zero-order valence-electron chi connectivity index (χ0n) is 17.4. The summed E-state index contributed by atoms with van der Waals surface area (Å²) in [5.74, 6) is 1.67. The standard InChI is InChI=1S/C24H26N6O/c31-15-20-4-3-11-30(20)24-12-23(26-16-27-24)25-13-18-7-9-19(10-8-18)14-29-17-28-21-5-1-2-6-22(21)29/h1-2,5-10,12,16-17,20,31H,3-4,11,13-15H2,(H,25,26,27). The van der Waals surface area contributed by atoms with E-state index in [9.17, 15) is 5.11 Å². The lowest BCUT2D eigenvalue weighted by Crippen LogP contribution is -2.32. The maximum Gasteiger partial charge on any atom is 0.134 e. The molecule has 1 unspecified atom stereocenters. The lowest BCUT2D eigenvalue weighted by molar-refractivity contribution is 0.266. The van der Waals surface area contributed by atoms with E-state index in [1.165, 1.54) is 11.1 Å². The number of aromatic nitrogens is 4. The lowest BCUT2D eigenvalue weighted by Gasteiger charge is -2.24. The van der Waals surface area contributed by atoms with E-state index < -0.39 is 0 Å². The Morgan fingerprint density at radius 3 is 2.71 bits per heavy atom. The summed E-state index contributed by atoms with van der Waals surface area (Å²) in [5.41, 5.74) is 4.59. The monoisotopic (exact) mass is 414 g/mol. The lowest BCUT2D eigenvalue weighted by atomic mass is 10.1. The molecule has 7 heteroatoms. The van der Waals surface area contributed by atoms with Crippen LogP contribution < -0.4 is 10.2 Å². The van der Waals surface area contributed by atoms with E-state index in [4.69, 9.17) is 0 Å². The molecule has 158 valence electrons. The summed E-state index contributed by atoms with van der Waals surface area (Å²) in [5, 5.41) is 13.0. The number of rotatable bonds is 7. The molecule has 0 aliphatic carbocycles. The van der Waals surface area contributed by atoms with Crippen molar-refractivity contribution in [3.8, 4) is 0 Å². The van der Waals surface area contributed by atoms with E-state index in [-0.39, 0.29) is 12.6 Å². The van der Waals surface area contributed by atoms with Gasteiger partial charge < -0.3 is 19.9 Å². The van der Waals surface area contributed by atoms with Crippen molar-refractivity contribution in [2.24, 2.45) is 0 Å². The number of nitrogens with zero attached hydrogens (tertiary/aromatic N) is 5. The van der Waals surface area contributed by atoms with Gasteiger partial charge in [-0.2, -0.15) is 0 Å². The first-order chi connectivity index (χ1) is 15.3. The highest BCUT2D eigenvalue weighted by molar-refractivity contribution is 5.75. The number of benzene rings is 2. The molecule has 0 saturated carbocycles. The molecular formula is C24H26N6O. The van der Waals surface area contributed by atoms with Crippen molar-refractivity contribution < 1.29 is 5.11 Å². The van der Waals surface area contributed by atoms with Gasteiger partial charge in [-0.05, 0) is 36.1 Å². The number of hydrogen-bond acceptors (Lipinski definition) is 6. The number of hydrogen-bond donors (Lipinski definition) is 2. The molecule has 2 aromatic heterocycles. The number of para-hydroxylation sites is 2. The molecule has 31 heavy (non-hydrogen) atoms. The van der Waals surface area contributed by atoms with Crippen molar-refractivity contribution in [2.75, 3.05) is 23.4 Å². The first kappa shape index (κ1) is 19.5. The van der Waals surface area contributed by atoms with E-state index in [1.54, 1.807) is 6.33 Å². The first-order valence-electron chi connectivity index (χ1n) is 10.7. The number of aliphatic hydroxyl groups excluding tert-OH is 1. The number of nitrogens with one attached hydrogen (secondary N) is 1. The highest BCUT2D eigenvalue weighted by Gasteiger charge is 2.25. The summed E-state index contributed by atoms with van der Waals surface area (Å²) in [7, 11) is 0. The van der Waals surface area contributed by atoms with E-state index in [2.05, 4.69) is 60.1 Å². The Bertz CT molecular complexity index is 1160. The van der Waals surface area contributed by atoms with Crippen molar-refractivity contribution in [3.05, 3.63) is 78.4 Å². The third-order valence-corrected chi connectivity index (χ3v) is 5.91. The molecule has 0 amide bonds. The van der Waals surface area contributed by atoms with Crippen molar-refractivity contribution >= 4 is 22.7 Å². The van der Waals surface area contributed by atoms with Gasteiger partial charge in [-0.1, -0.05) is 36.4 Å². The van der Waals surface area contributed by atoms with Gasteiger partial charge in [0.25, 0.3) is 0 Å². The summed E-state index contributed by atoms with van der Waals surface area (Å²) in [6.45, 7) is 2.57. The largest absolute Gasteiger partial charge is 0.394 e. The van der Waals surface area contributed by atoms with E-state index in [1.807, 2.05) is 30.6 Å². The second-order valence-electron chi connectivity index (χ2n) is 7.96. The summed E-state index contributed by atoms with van der Waals surface area (Å²) in [6, 6.07) is 18.9. The van der Waals surface area contributed by atoms with Gasteiger partial charge in [0.1, 0.15) is 18.0 Å². The summed E-state index contributed by atoms with van der Waals surface area (Å²) >= 11 is 0. The highest BCUT2D eigenvalue weighted by Crippen LogP contribution is 2.24. The normalized spacial score (nSPS) is 16.2. The molecule has 4 aromatic rings. The molecule has 1 aliphatic rings. The average molecular weight is 415 g/mol. The Hall–Kier alpha value is -3.45. The Morgan fingerprint density at radius 2 is 1.84 bits per heavy atom. The van der Waals surface area contributed by atoms with Gasteiger partial charge in [-0.3, -0.25) is 0 Å². The molecule has 2 aromatic carbocycles. The van der Waals surface area contributed by atoms with Crippen LogP contribution in [0.3, 0.4) is 0 Å². The van der Waals surface area contributed by atoms with Gasteiger partial charge in [0.2, 0.25) is 0 Å². The number of imidazole rings is 1. The molecule has 7 nitrogen and oxygen atoms in total. The second-order valence-corrected chi connectivity index (χ2v) is 7.96. The molecule has 3 heterocycles. The van der Waals surface area contributed by atoms with Gasteiger partial charge in [0, 0.05) is 25.7 Å². The van der Waals surface area contributed by atoms with Crippen LogP contribution in [-0.4, -0.2) is 43.8 Å². The van der Waals surface area contributed by atoms with Crippen molar-refractivity contribution in [1.29, 1.82) is 0 Å².